The van der Waals surface area contributed by atoms with Gasteiger partial charge in [0.25, 0.3) is 0 Å². The van der Waals surface area contributed by atoms with Gasteiger partial charge in [0.15, 0.2) is 0 Å². The number of rotatable bonds is 14. The van der Waals surface area contributed by atoms with Gasteiger partial charge in [-0.15, -0.1) is 0 Å². The number of aliphatic hydroxyl groups is 1. The van der Waals surface area contributed by atoms with Gasteiger partial charge >= 0.3 is 0 Å². The van der Waals surface area contributed by atoms with Crippen LogP contribution in [0.15, 0.2) is 91.0 Å². The van der Waals surface area contributed by atoms with E-state index in [-0.39, 0.29) is 12.2 Å². The zero-order chi connectivity index (χ0) is 25.7. The highest BCUT2D eigenvalue weighted by Gasteiger charge is 2.46. The smallest absolute Gasteiger partial charge is 0.115 e. The molecule has 1 N–H and O–H groups in total. The van der Waals surface area contributed by atoms with Crippen molar-refractivity contribution in [1.82, 2.24) is 0 Å². The second-order valence-corrected chi connectivity index (χ2v) is 9.72. The summed E-state index contributed by atoms with van der Waals surface area (Å²) in [7, 11) is 0. The van der Waals surface area contributed by atoms with Crippen LogP contribution >= 0.6 is 0 Å². The van der Waals surface area contributed by atoms with E-state index in [1.165, 1.54) is 0 Å². The van der Waals surface area contributed by atoms with E-state index in [0.29, 0.717) is 26.4 Å². The molecule has 0 aromatic heterocycles. The van der Waals surface area contributed by atoms with Crippen molar-refractivity contribution in [3.63, 3.8) is 0 Å². The Labute approximate surface area is 221 Å². The minimum atomic E-state index is -0.785. The second kappa shape index (κ2) is 15.0. The maximum Gasteiger partial charge on any atom is 0.115 e. The summed E-state index contributed by atoms with van der Waals surface area (Å²) >= 11 is 0. The summed E-state index contributed by atoms with van der Waals surface area (Å²) < 4.78 is 25.4. The van der Waals surface area contributed by atoms with E-state index in [2.05, 4.69) is 6.92 Å². The molecule has 1 heterocycles. The van der Waals surface area contributed by atoms with Gasteiger partial charge in [-0.25, -0.2) is 0 Å². The SMILES string of the molecule is CCCCC[C@@H]1O[C@H](COCc2ccccc2)[C@@H](OCc2ccccc2)[C@H](OCc2ccccc2)[C@H]1O. The van der Waals surface area contributed by atoms with Gasteiger partial charge in [0.05, 0.1) is 32.5 Å². The van der Waals surface area contributed by atoms with Crippen LogP contribution in [0.4, 0.5) is 0 Å². The first-order chi connectivity index (χ1) is 18.2. The largest absolute Gasteiger partial charge is 0.388 e. The number of ether oxygens (including phenoxy) is 4. The Bertz CT molecular complexity index is 997. The van der Waals surface area contributed by atoms with E-state index in [9.17, 15) is 5.11 Å². The monoisotopic (exact) mass is 504 g/mol. The van der Waals surface area contributed by atoms with Crippen LogP contribution in [0.25, 0.3) is 0 Å². The van der Waals surface area contributed by atoms with E-state index in [1.807, 2.05) is 91.0 Å². The highest BCUT2D eigenvalue weighted by atomic mass is 16.6. The van der Waals surface area contributed by atoms with Gasteiger partial charge < -0.3 is 24.1 Å². The van der Waals surface area contributed by atoms with Gasteiger partial charge in [0, 0.05) is 0 Å². The fraction of sp³-hybridized carbons (Fsp3) is 0.438. The first-order valence-electron chi connectivity index (χ1n) is 13.5. The number of aliphatic hydroxyl groups excluding tert-OH is 1. The maximum absolute atomic E-state index is 11.4. The lowest BCUT2D eigenvalue weighted by Crippen LogP contribution is -2.60. The molecule has 0 spiro atoms. The van der Waals surface area contributed by atoms with Crippen molar-refractivity contribution in [2.24, 2.45) is 0 Å². The Morgan fingerprint density at radius 3 is 1.70 bits per heavy atom. The van der Waals surface area contributed by atoms with E-state index in [0.717, 1.165) is 42.4 Å². The van der Waals surface area contributed by atoms with Crippen molar-refractivity contribution in [3.8, 4) is 0 Å². The van der Waals surface area contributed by atoms with E-state index >= 15 is 0 Å². The minimum Gasteiger partial charge on any atom is -0.388 e. The fourth-order valence-corrected chi connectivity index (χ4v) is 4.76. The van der Waals surface area contributed by atoms with Crippen LogP contribution in [0.5, 0.6) is 0 Å². The molecule has 0 unspecified atom stereocenters. The third-order valence-electron chi connectivity index (χ3n) is 6.81. The average Bonchev–Trinajstić information content (AvgIpc) is 2.94. The number of hydrogen-bond acceptors (Lipinski definition) is 5. The number of benzene rings is 3. The topological polar surface area (TPSA) is 57.2 Å². The molecular formula is C32H40O5. The van der Waals surface area contributed by atoms with E-state index < -0.39 is 18.3 Å². The van der Waals surface area contributed by atoms with Gasteiger partial charge in [0.2, 0.25) is 0 Å². The lowest BCUT2D eigenvalue weighted by atomic mass is 9.91. The maximum atomic E-state index is 11.4. The van der Waals surface area contributed by atoms with E-state index in [4.69, 9.17) is 18.9 Å². The first-order valence-corrected chi connectivity index (χ1v) is 13.5. The molecule has 37 heavy (non-hydrogen) atoms. The van der Waals surface area contributed by atoms with Crippen molar-refractivity contribution in [2.75, 3.05) is 6.61 Å². The molecule has 1 aliphatic rings. The predicted octanol–water partition coefficient (Wildman–Crippen LogP) is 6.08. The molecule has 0 radical (unpaired) electrons. The third-order valence-corrected chi connectivity index (χ3v) is 6.81. The van der Waals surface area contributed by atoms with Gasteiger partial charge in [-0.1, -0.05) is 117 Å². The van der Waals surface area contributed by atoms with Crippen molar-refractivity contribution in [2.45, 2.75) is 82.9 Å². The lowest BCUT2D eigenvalue weighted by molar-refractivity contribution is -0.262. The highest BCUT2D eigenvalue weighted by Crippen LogP contribution is 2.30. The molecule has 5 atom stereocenters. The van der Waals surface area contributed by atoms with Gasteiger partial charge in [-0.3, -0.25) is 0 Å². The molecular weight excluding hydrogens is 464 g/mol. The quantitative estimate of drug-likeness (QED) is 0.270. The summed E-state index contributed by atoms with van der Waals surface area (Å²) in [5, 5.41) is 11.4. The molecule has 1 saturated heterocycles. The molecule has 5 heteroatoms. The molecule has 198 valence electrons. The van der Waals surface area contributed by atoms with Crippen LogP contribution in [-0.4, -0.2) is 42.2 Å². The Balaban J connectivity index is 1.50. The highest BCUT2D eigenvalue weighted by molar-refractivity contribution is 5.15. The Kier molecular flexibility index (Phi) is 11.2. The Hall–Kier alpha value is -2.54. The predicted molar refractivity (Wildman–Crippen MR) is 145 cm³/mol. The minimum absolute atomic E-state index is 0.325. The zero-order valence-corrected chi connectivity index (χ0v) is 21.8. The van der Waals surface area contributed by atoms with Crippen LogP contribution in [0.1, 0.15) is 49.3 Å². The molecule has 3 aromatic carbocycles. The molecule has 1 aliphatic heterocycles. The van der Waals surface area contributed by atoms with Crippen LogP contribution in [0.3, 0.4) is 0 Å². The summed E-state index contributed by atoms with van der Waals surface area (Å²) in [6, 6.07) is 30.2. The van der Waals surface area contributed by atoms with Crippen LogP contribution in [0, 0.1) is 0 Å². The lowest BCUT2D eigenvalue weighted by Gasteiger charge is -2.44. The normalized spacial score (nSPS) is 23.7. The Morgan fingerprint density at radius 2 is 1.16 bits per heavy atom. The van der Waals surface area contributed by atoms with Crippen LogP contribution < -0.4 is 0 Å². The van der Waals surface area contributed by atoms with Crippen molar-refractivity contribution in [1.29, 1.82) is 0 Å². The van der Waals surface area contributed by atoms with Gasteiger partial charge in [0.1, 0.15) is 24.4 Å². The molecule has 1 fully saturated rings. The van der Waals surface area contributed by atoms with Gasteiger partial charge in [-0.2, -0.15) is 0 Å². The standard InChI is InChI=1S/C32H40O5/c1-2-3-7-20-28-30(33)32(36-23-27-18-12-6-13-19-27)31(35-22-26-16-10-5-11-17-26)29(37-28)24-34-21-25-14-8-4-9-15-25/h4-6,8-19,28-33H,2-3,7,20-24H2,1H3/t28-,29+,30-,31+,32+/m0/s1. The molecule has 5 nitrogen and oxygen atoms in total. The van der Waals surface area contributed by atoms with E-state index in [1.54, 1.807) is 0 Å². The number of unbranched alkanes of at least 4 members (excludes halogenated alkanes) is 2. The summed E-state index contributed by atoms with van der Waals surface area (Å²) in [6.07, 6.45) is 1.52. The van der Waals surface area contributed by atoms with Crippen LogP contribution in [0.2, 0.25) is 0 Å². The van der Waals surface area contributed by atoms with Gasteiger partial charge in [-0.05, 0) is 23.1 Å². The molecule has 4 rings (SSSR count). The molecule has 3 aromatic rings. The van der Waals surface area contributed by atoms with Crippen molar-refractivity contribution >= 4 is 0 Å². The third kappa shape index (κ3) is 8.49. The average molecular weight is 505 g/mol. The number of hydrogen-bond donors (Lipinski definition) is 1. The van der Waals surface area contributed by atoms with Crippen molar-refractivity contribution in [3.05, 3.63) is 108 Å². The molecule has 0 amide bonds. The van der Waals surface area contributed by atoms with Crippen LogP contribution in [-0.2, 0) is 38.8 Å². The van der Waals surface area contributed by atoms with Crippen molar-refractivity contribution < 1.29 is 24.1 Å². The summed E-state index contributed by atoms with van der Waals surface area (Å²) in [5.41, 5.74) is 3.23. The zero-order valence-electron chi connectivity index (χ0n) is 21.8. The summed E-state index contributed by atoms with van der Waals surface area (Å²) in [5.74, 6) is 0. The molecule has 0 bridgehead atoms. The summed E-state index contributed by atoms with van der Waals surface area (Å²) in [6.45, 7) is 3.83. The fourth-order valence-electron chi connectivity index (χ4n) is 4.76. The second-order valence-electron chi connectivity index (χ2n) is 9.72. The molecule has 0 aliphatic carbocycles. The molecule has 0 saturated carbocycles. The summed E-state index contributed by atoms with van der Waals surface area (Å²) in [4.78, 5) is 0. The first kappa shape index (κ1) is 27.5. The Morgan fingerprint density at radius 1 is 0.649 bits per heavy atom.